The highest BCUT2D eigenvalue weighted by atomic mass is 32.3. The maximum atomic E-state index is 10.8. The molecule has 43 heavy (non-hydrogen) atoms. The lowest BCUT2D eigenvalue weighted by molar-refractivity contribution is 0.163. The van der Waals surface area contributed by atoms with Crippen molar-refractivity contribution in [2.75, 3.05) is 23.7 Å². The third-order valence-electron chi connectivity index (χ3n) is 4.98. The van der Waals surface area contributed by atoms with Gasteiger partial charge in [-0.25, -0.2) is 9.59 Å². The lowest BCUT2D eigenvalue weighted by Gasteiger charge is -2.23. The summed E-state index contributed by atoms with van der Waals surface area (Å²) in [5.74, 6) is -0.197. The van der Waals surface area contributed by atoms with Crippen LogP contribution < -0.4 is 32.7 Å². The van der Waals surface area contributed by atoms with E-state index in [0.29, 0.717) is 24.2 Å². The van der Waals surface area contributed by atoms with Crippen molar-refractivity contribution >= 4 is 33.8 Å². The number of urea groups is 2. The molecule has 2 unspecified atom stereocenters. The topological polar surface area (TPSA) is 290 Å². The van der Waals surface area contributed by atoms with Crippen LogP contribution in [0.4, 0.5) is 21.0 Å². The summed E-state index contributed by atoms with van der Waals surface area (Å²) >= 11 is 0. The minimum absolute atomic E-state index is 0.0986. The molecule has 0 aliphatic carbocycles. The lowest BCUT2D eigenvalue weighted by atomic mass is 10.1. The van der Waals surface area contributed by atoms with Gasteiger partial charge in [0.25, 0.3) is 0 Å². The summed E-state index contributed by atoms with van der Waals surface area (Å²) < 4.78 is 31.6. The molecule has 14 N–H and O–H groups in total. The summed E-state index contributed by atoms with van der Waals surface area (Å²) in [6, 6.07) is 7.45. The first kappa shape index (κ1) is 39.3. The van der Waals surface area contributed by atoms with Gasteiger partial charge in [0.2, 0.25) is 0 Å². The van der Waals surface area contributed by atoms with Gasteiger partial charge in [-0.15, -0.1) is 0 Å². The van der Waals surface area contributed by atoms with E-state index in [-0.39, 0.29) is 34.0 Å². The fraction of sp³-hybridized carbons (Fsp3) is 0.462. The van der Waals surface area contributed by atoms with Crippen molar-refractivity contribution in [1.29, 1.82) is 0 Å². The number of anilines is 2. The Bertz CT molecular complexity index is 1220. The molecule has 0 spiro atoms. The Kier molecular flexibility index (Phi) is 15.4. The van der Waals surface area contributed by atoms with E-state index in [2.05, 4.69) is 21.3 Å². The molecule has 0 bridgehead atoms. The smallest absolute Gasteiger partial charge is 0.394 e. The van der Waals surface area contributed by atoms with E-state index in [0.717, 1.165) is 0 Å². The van der Waals surface area contributed by atoms with Crippen LogP contribution in [0.5, 0.6) is 11.5 Å². The minimum Gasteiger partial charge on any atom is -0.506 e. The number of β-amino-alcohol motifs (C(OH)–C–C–N with tert-alkyl or cyclic N) is 2. The van der Waals surface area contributed by atoms with E-state index in [1.54, 1.807) is 12.1 Å². The number of phenols is 2. The summed E-state index contributed by atoms with van der Waals surface area (Å²) in [6.45, 7) is 12.7. The quantitative estimate of drug-likeness (QED) is 0.147. The number of hydrogen-bond acceptors (Lipinski definition) is 10. The molecule has 244 valence electrons. The van der Waals surface area contributed by atoms with Crippen LogP contribution in [-0.2, 0) is 10.4 Å². The van der Waals surface area contributed by atoms with Crippen LogP contribution >= 0.6 is 0 Å². The van der Waals surface area contributed by atoms with Gasteiger partial charge >= 0.3 is 22.5 Å². The predicted octanol–water partition coefficient (Wildman–Crippen LogP) is 1.96. The number of primary amides is 2. The van der Waals surface area contributed by atoms with Crippen LogP contribution in [0.1, 0.15) is 64.9 Å². The monoisotopic (exact) mass is 632 g/mol. The number of carbonyl (C=O) groups is 2. The lowest BCUT2D eigenvalue weighted by Crippen LogP contribution is -2.38. The number of hydrogen-bond donors (Lipinski definition) is 12. The van der Waals surface area contributed by atoms with Gasteiger partial charge in [0.1, 0.15) is 11.5 Å². The molecule has 17 heteroatoms. The number of nitrogens with two attached hydrogens (primary N) is 2. The van der Waals surface area contributed by atoms with Gasteiger partial charge in [0.05, 0.1) is 23.6 Å². The van der Waals surface area contributed by atoms with Gasteiger partial charge < -0.3 is 53.2 Å². The summed E-state index contributed by atoms with van der Waals surface area (Å²) in [5, 5.41) is 50.1. The molecule has 16 nitrogen and oxygen atoms in total. The van der Waals surface area contributed by atoms with Crippen molar-refractivity contribution in [2.24, 2.45) is 11.5 Å². The Morgan fingerprint density at radius 1 is 0.721 bits per heavy atom. The van der Waals surface area contributed by atoms with Gasteiger partial charge in [-0.2, -0.15) is 8.42 Å². The second-order valence-corrected chi connectivity index (χ2v) is 12.2. The molecule has 2 atom stereocenters. The second-order valence-electron chi connectivity index (χ2n) is 11.3. The van der Waals surface area contributed by atoms with E-state index >= 15 is 0 Å². The number of rotatable bonds is 8. The number of phenolic OH excluding ortho intramolecular Hbond substituents is 2. The molecule has 2 aromatic rings. The zero-order chi connectivity index (χ0) is 33.8. The Hall–Kier alpha value is -3.71. The van der Waals surface area contributed by atoms with Crippen LogP contribution in [0.25, 0.3) is 0 Å². The summed E-state index contributed by atoms with van der Waals surface area (Å²) in [7, 11) is -4.67. The van der Waals surface area contributed by atoms with Gasteiger partial charge in [0, 0.05) is 24.2 Å². The van der Waals surface area contributed by atoms with Gasteiger partial charge in [-0.05, 0) is 76.9 Å². The summed E-state index contributed by atoms with van der Waals surface area (Å²) in [5.41, 5.74) is 11.3. The number of carbonyl (C=O) groups excluding carboxylic acids is 2. The predicted molar refractivity (Wildman–Crippen MR) is 162 cm³/mol. The second kappa shape index (κ2) is 16.8. The third-order valence-corrected chi connectivity index (χ3v) is 4.98. The molecule has 0 fully saturated rings. The van der Waals surface area contributed by atoms with Crippen LogP contribution in [0.3, 0.4) is 0 Å². The minimum atomic E-state index is -4.67. The maximum absolute atomic E-state index is 10.8. The van der Waals surface area contributed by atoms with Gasteiger partial charge in [-0.3, -0.25) is 9.11 Å². The number of nitrogens with one attached hydrogen (secondary N) is 4. The van der Waals surface area contributed by atoms with Crippen LogP contribution in [0, 0.1) is 0 Å². The molecule has 0 saturated heterocycles. The van der Waals surface area contributed by atoms with Crippen molar-refractivity contribution in [1.82, 2.24) is 10.6 Å². The Balaban J connectivity index is 0.000000709. The fourth-order valence-electron chi connectivity index (χ4n) is 3.03. The standard InChI is InChI=1S/2C13H21N3O3.H2O4S/c2*1-13(2,3)15-7-11(18)8-4-5-10(17)9(6-8)16-12(14)19;1-5(2,3)4/h2*4-6,11,15,17-18H,7H2,1-3H3,(H3,14,16,19);(H2,1,2,3,4). The van der Waals surface area contributed by atoms with Crippen LogP contribution in [0.15, 0.2) is 36.4 Å². The van der Waals surface area contributed by atoms with E-state index in [1.165, 1.54) is 24.3 Å². The first-order valence-corrected chi connectivity index (χ1v) is 14.1. The van der Waals surface area contributed by atoms with Crippen molar-refractivity contribution in [3.8, 4) is 11.5 Å². The van der Waals surface area contributed by atoms with Crippen molar-refractivity contribution in [3.63, 3.8) is 0 Å². The van der Waals surface area contributed by atoms with Gasteiger partial charge in [0.15, 0.2) is 0 Å². The van der Waals surface area contributed by atoms with Gasteiger partial charge in [-0.1, -0.05) is 12.1 Å². The molecule has 0 heterocycles. The highest BCUT2D eigenvalue weighted by Gasteiger charge is 2.16. The van der Waals surface area contributed by atoms with Crippen LogP contribution in [0.2, 0.25) is 0 Å². The SMILES string of the molecule is CC(C)(C)NCC(O)c1ccc(O)c(NC(N)=O)c1.CC(C)(C)NCC(O)c1ccc(O)c(NC(N)=O)c1.O=S(=O)(O)O. The van der Waals surface area contributed by atoms with E-state index in [1.807, 2.05) is 41.5 Å². The van der Waals surface area contributed by atoms with E-state index < -0.39 is 34.7 Å². The normalized spacial score (nSPS) is 12.9. The average molecular weight is 633 g/mol. The number of aliphatic hydroxyl groups excluding tert-OH is 2. The zero-order valence-corrected chi connectivity index (χ0v) is 25.7. The first-order valence-electron chi connectivity index (χ1n) is 12.7. The highest BCUT2D eigenvalue weighted by Crippen LogP contribution is 2.28. The summed E-state index contributed by atoms with van der Waals surface area (Å²) in [4.78, 5) is 21.6. The zero-order valence-electron chi connectivity index (χ0n) is 24.9. The molecule has 0 aliphatic rings. The van der Waals surface area contributed by atoms with Crippen molar-refractivity contribution < 1.29 is 47.5 Å². The molecule has 0 aromatic heterocycles. The number of aromatic hydroxyl groups is 2. The van der Waals surface area contributed by atoms with Crippen LogP contribution in [-0.4, -0.2) is 74.2 Å². The number of benzene rings is 2. The Morgan fingerprint density at radius 3 is 1.23 bits per heavy atom. The molecule has 0 saturated carbocycles. The Morgan fingerprint density at radius 2 is 1.00 bits per heavy atom. The molecule has 2 rings (SSSR count). The third kappa shape index (κ3) is 19.9. The van der Waals surface area contributed by atoms with E-state index in [9.17, 15) is 30.0 Å². The largest absolute Gasteiger partial charge is 0.506 e. The van der Waals surface area contributed by atoms with Crippen molar-refractivity contribution in [2.45, 2.75) is 64.8 Å². The average Bonchev–Trinajstić information content (AvgIpc) is 2.81. The number of amides is 4. The molecule has 2 aromatic carbocycles. The highest BCUT2D eigenvalue weighted by molar-refractivity contribution is 7.79. The molecular formula is C26H44N6O10S. The number of aliphatic hydroxyl groups is 2. The fourth-order valence-corrected chi connectivity index (χ4v) is 3.03. The molecule has 4 amide bonds. The molecule has 0 aliphatic heterocycles. The van der Waals surface area contributed by atoms with E-state index in [4.69, 9.17) is 29.0 Å². The molecular weight excluding hydrogens is 588 g/mol. The Labute approximate surface area is 251 Å². The maximum Gasteiger partial charge on any atom is 0.394 e. The first-order chi connectivity index (χ1) is 19.4. The summed E-state index contributed by atoms with van der Waals surface area (Å²) in [6.07, 6.45) is -1.48. The molecule has 0 radical (unpaired) electrons. The van der Waals surface area contributed by atoms with Crippen molar-refractivity contribution in [3.05, 3.63) is 47.5 Å².